The Labute approximate surface area is 131 Å². The highest BCUT2D eigenvalue weighted by Crippen LogP contribution is 2.40. The molecule has 0 N–H and O–H groups in total. The molecule has 0 radical (unpaired) electrons. The first-order chi connectivity index (χ1) is 11.2. The molecule has 0 saturated heterocycles. The fourth-order valence-electron chi connectivity index (χ4n) is 3.00. The lowest BCUT2D eigenvalue weighted by Gasteiger charge is -2.10. The number of fused-ring (bicyclic) bond motifs is 3. The van der Waals surface area contributed by atoms with Crippen molar-refractivity contribution in [2.45, 2.75) is 6.92 Å². The third kappa shape index (κ3) is 1.84. The maximum absolute atomic E-state index is 15.3. The minimum Gasteiger partial charge on any atom is -0.454 e. The first-order valence-electron chi connectivity index (χ1n) is 7.16. The van der Waals surface area contributed by atoms with Gasteiger partial charge in [0, 0.05) is 23.3 Å². The molecule has 3 nitrogen and oxygen atoms in total. The van der Waals surface area contributed by atoms with E-state index >= 15 is 4.39 Å². The number of halogens is 1. The van der Waals surface area contributed by atoms with E-state index in [0.29, 0.717) is 33.0 Å². The fourth-order valence-corrected chi connectivity index (χ4v) is 3.00. The fraction of sp³-hybridized carbons (Fsp3) is 0.0526. The van der Waals surface area contributed by atoms with Crippen molar-refractivity contribution in [2.75, 3.05) is 0 Å². The van der Waals surface area contributed by atoms with Crippen molar-refractivity contribution in [3.63, 3.8) is 0 Å². The van der Waals surface area contributed by atoms with Crippen LogP contribution >= 0.6 is 0 Å². The molecule has 0 aliphatic carbocycles. The maximum atomic E-state index is 15.3. The summed E-state index contributed by atoms with van der Waals surface area (Å²) in [5, 5.41) is 10.4. The van der Waals surface area contributed by atoms with E-state index in [1.165, 1.54) is 0 Å². The third-order valence-electron chi connectivity index (χ3n) is 4.08. The molecule has 110 valence electrons. The maximum Gasteiger partial charge on any atom is 0.156 e. The first-order valence-corrected chi connectivity index (χ1v) is 7.16. The van der Waals surface area contributed by atoms with E-state index in [-0.39, 0.29) is 11.4 Å². The van der Waals surface area contributed by atoms with Gasteiger partial charge in [0.25, 0.3) is 0 Å². The summed E-state index contributed by atoms with van der Waals surface area (Å²) in [7, 11) is 0. The summed E-state index contributed by atoms with van der Waals surface area (Å²) in [5.74, 6) is -0.380. The minimum absolute atomic E-state index is 0.283. The van der Waals surface area contributed by atoms with Gasteiger partial charge in [-0.3, -0.25) is 4.98 Å². The predicted octanol–water partition coefficient (Wildman–Crippen LogP) is 4.97. The number of rotatable bonds is 1. The number of aromatic nitrogens is 1. The highest BCUT2D eigenvalue weighted by molar-refractivity contribution is 6.09. The number of furan rings is 1. The molecule has 4 aromatic rings. The van der Waals surface area contributed by atoms with Crippen LogP contribution in [0.15, 0.2) is 53.2 Å². The second-order valence-electron chi connectivity index (χ2n) is 5.34. The molecule has 0 unspecified atom stereocenters. The van der Waals surface area contributed by atoms with E-state index in [9.17, 15) is 5.26 Å². The van der Waals surface area contributed by atoms with Crippen molar-refractivity contribution in [3.8, 4) is 17.2 Å². The Bertz CT molecular complexity index is 1090. The van der Waals surface area contributed by atoms with Gasteiger partial charge in [-0.1, -0.05) is 30.3 Å². The van der Waals surface area contributed by atoms with Crippen molar-refractivity contribution < 1.29 is 8.81 Å². The normalized spacial score (nSPS) is 11.0. The molecule has 2 aromatic carbocycles. The molecular formula is C19H11FN2O. The highest BCUT2D eigenvalue weighted by Gasteiger charge is 2.23. The molecule has 0 fully saturated rings. The van der Waals surface area contributed by atoms with Gasteiger partial charge in [0.1, 0.15) is 17.5 Å². The van der Waals surface area contributed by atoms with Gasteiger partial charge in [-0.15, -0.1) is 0 Å². The zero-order valence-electron chi connectivity index (χ0n) is 12.3. The number of nitriles is 1. The number of benzene rings is 2. The molecule has 0 amide bonds. The van der Waals surface area contributed by atoms with Gasteiger partial charge in [0.05, 0.1) is 10.9 Å². The van der Waals surface area contributed by atoms with Crippen molar-refractivity contribution in [1.29, 1.82) is 5.26 Å². The summed E-state index contributed by atoms with van der Waals surface area (Å²) < 4.78 is 21.0. The molecule has 0 bridgehead atoms. The second kappa shape index (κ2) is 4.92. The van der Waals surface area contributed by atoms with E-state index in [1.54, 1.807) is 25.4 Å². The van der Waals surface area contributed by atoms with E-state index < -0.39 is 0 Å². The highest BCUT2D eigenvalue weighted by atomic mass is 19.1. The number of hydrogen-bond donors (Lipinski definition) is 0. The van der Waals surface area contributed by atoms with Gasteiger partial charge in [-0.05, 0) is 24.1 Å². The minimum atomic E-state index is -0.380. The van der Waals surface area contributed by atoms with E-state index in [1.807, 2.05) is 30.3 Å². The van der Waals surface area contributed by atoms with Crippen molar-refractivity contribution in [2.24, 2.45) is 0 Å². The summed E-state index contributed by atoms with van der Waals surface area (Å²) >= 11 is 0. The zero-order valence-corrected chi connectivity index (χ0v) is 12.3. The smallest absolute Gasteiger partial charge is 0.156 e. The molecule has 0 saturated carbocycles. The lowest BCUT2D eigenvalue weighted by atomic mass is 9.93. The van der Waals surface area contributed by atoms with Crippen molar-refractivity contribution in [1.82, 2.24) is 4.98 Å². The lowest BCUT2D eigenvalue weighted by Crippen LogP contribution is -1.95. The van der Waals surface area contributed by atoms with Crippen LogP contribution in [0.25, 0.3) is 33.1 Å². The van der Waals surface area contributed by atoms with Gasteiger partial charge >= 0.3 is 0 Å². The monoisotopic (exact) mass is 302 g/mol. The average Bonchev–Trinajstić information content (AvgIpc) is 2.95. The van der Waals surface area contributed by atoms with Gasteiger partial charge in [0.2, 0.25) is 0 Å². The molecule has 2 aromatic heterocycles. The van der Waals surface area contributed by atoms with Crippen LogP contribution in [-0.2, 0) is 0 Å². The van der Waals surface area contributed by atoms with E-state index in [4.69, 9.17) is 4.42 Å². The largest absolute Gasteiger partial charge is 0.454 e. The van der Waals surface area contributed by atoms with Gasteiger partial charge in [-0.2, -0.15) is 5.26 Å². The molecule has 2 heterocycles. The molecule has 0 spiro atoms. The molecular weight excluding hydrogens is 291 g/mol. The Hall–Kier alpha value is -3.19. The Kier molecular flexibility index (Phi) is 2.88. The molecule has 0 atom stereocenters. The Balaban J connectivity index is 2.25. The standard InChI is InChI=1S/C19H11FN2O/c1-11-13(9-21)19-17(14-10-22-8-7-15(14)23-19)18(20)16(11)12-5-3-2-4-6-12/h2-8,10H,1H3. The van der Waals surface area contributed by atoms with Crippen LogP contribution in [0.3, 0.4) is 0 Å². The second-order valence-corrected chi connectivity index (χ2v) is 5.34. The lowest BCUT2D eigenvalue weighted by molar-refractivity contribution is 0.635. The van der Waals surface area contributed by atoms with Gasteiger partial charge in [0.15, 0.2) is 5.58 Å². The zero-order chi connectivity index (χ0) is 16.0. The Morgan fingerprint density at radius 3 is 2.70 bits per heavy atom. The van der Waals surface area contributed by atoms with Crippen LogP contribution in [0, 0.1) is 24.1 Å². The number of nitrogens with zero attached hydrogens (tertiary/aromatic N) is 2. The molecule has 4 heteroatoms. The molecule has 23 heavy (non-hydrogen) atoms. The summed E-state index contributed by atoms with van der Waals surface area (Å²) in [5.41, 5.74) is 2.91. The van der Waals surface area contributed by atoms with Gasteiger partial charge in [-0.25, -0.2) is 4.39 Å². The summed E-state index contributed by atoms with van der Waals surface area (Å²) in [4.78, 5) is 4.05. The third-order valence-corrected chi connectivity index (χ3v) is 4.08. The quantitative estimate of drug-likeness (QED) is 0.499. The first kappa shape index (κ1) is 13.5. The summed E-state index contributed by atoms with van der Waals surface area (Å²) in [6, 6.07) is 13.1. The Morgan fingerprint density at radius 1 is 1.17 bits per heavy atom. The van der Waals surface area contributed by atoms with Crippen LogP contribution in [0.4, 0.5) is 4.39 Å². The van der Waals surface area contributed by atoms with Crippen LogP contribution < -0.4 is 0 Å². The number of hydrogen-bond acceptors (Lipinski definition) is 3. The molecule has 4 rings (SSSR count). The molecule has 0 aliphatic heterocycles. The summed E-state index contributed by atoms with van der Waals surface area (Å²) in [6.45, 7) is 1.74. The average molecular weight is 302 g/mol. The topological polar surface area (TPSA) is 49.8 Å². The van der Waals surface area contributed by atoms with Crippen LogP contribution in [0.5, 0.6) is 0 Å². The predicted molar refractivity (Wildman–Crippen MR) is 86.4 cm³/mol. The molecule has 0 aliphatic rings. The van der Waals surface area contributed by atoms with Crippen LogP contribution in [0.1, 0.15) is 11.1 Å². The van der Waals surface area contributed by atoms with Crippen molar-refractivity contribution in [3.05, 3.63) is 65.7 Å². The SMILES string of the molecule is Cc1c(-c2ccccc2)c(F)c2c(oc3ccncc32)c1C#N. The van der Waals surface area contributed by atoms with Crippen molar-refractivity contribution >= 4 is 21.9 Å². The van der Waals surface area contributed by atoms with E-state index in [0.717, 1.165) is 5.56 Å². The van der Waals surface area contributed by atoms with Crippen LogP contribution in [-0.4, -0.2) is 4.98 Å². The summed E-state index contributed by atoms with van der Waals surface area (Å²) in [6.07, 6.45) is 3.15. The Morgan fingerprint density at radius 2 is 1.96 bits per heavy atom. The number of pyridine rings is 1. The van der Waals surface area contributed by atoms with Gasteiger partial charge < -0.3 is 4.42 Å². The van der Waals surface area contributed by atoms with Crippen LogP contribution in [0.2, 0.25) is 0 Å². The van der Waals surface area contributed by atoms with E-state index in [2.05, 4.69) is 11.1 Å².